The van der Waals surface area contributed by atoms with Crippen molar-refractivity contribution in [2.45, 2.75) is 33.2 Å². The van der Waals surface area contributed by atoms with Crippen LogP contribution >= 0.6 is 35.0 Å². The van der Waals surface area contributed by atoms with E-state index < -0.39 is 11.1 Å². The Kier molecular flexibility index (Phi) is 9.79. The van der Waals surface area contributed by atoms with Crippen molar-refractivity contribution in [3.63, 3.8) is 0 Å². The molecule has 40 heavy (non-hydrogen) atoms. The molecule has 3 aromatic carbocycles. The highest BCUT2D eigenvalue weighted by molar-refractivity contribution is 8.18. The molecule has 0 bridgehead atoms. The first-order valence-corrected chi connectivity index (χ1v) is 14.2. The lowest BCUT2D eigenvalue weighted by Crippen LogP contribution is -2.27. The Morgan fingerprint density at radius 1 is 1.00 bits per heavy atom. The van der Waals surface area contributed by atoms with Crippen molar-refractivity contribution in [3.05, 3.63) is 92.3 Å². The Balaban J connectivity index is 1.46. The molecule has 0 aromatic heterocycles. The van der Waals surface area contributed by atoms with E-state index in [-0.39, 0.29) is 29.9 Å². The zero-order valence-corrected chi connectivity index (χ0v) is 24.5. The first kappa shape index (κ1) is 29.5. The molecule has 10 heteroatoms. The van der Waals surface area contributed by atoms with E-state index in [4.69, 9.17) is 32.7 Å². The van der Waals surface area contributed by atoms with E-state index >= 15 is 0 Å². The summed E-state index contributed by atoms with van der Waals surface area (Å²) in [6.07, 6.45) is 1.61. The smallest absolute Gasteiger partial charge is 0.293 e. The number of amides is 3. The maximum absolute atomic E-state index is 13.0. The Bertz CT molecular complexity index is 1450. The van der Waals surface area contributed by atoms with Crippen LogP contribution in [-0.2, 0) is 16.1 Å². The molecule has 1 heterocycles. The fourth-order valence-electron chi connectivity index (χ4n) is 4.08. The predicted molar refractivity (Wildman–Crippen MR) is 160 cm³/mol. The number of nitrogens with one attached hydrogen (secondary N) is 1. The first-order chi connectivity index (χ1) is 19.2. The Hall–Kier alpha value is -3.46. The summed E-state index contributed by atoms with van der Waals surface area (Å²) in [6.45, 7) is 6.08. The molecule has 1 aliphatic heterocycles. The molecule has 208 valence electrons. The molecule has 0 atom stereocenters. The molecule has 1 saturated heterocycles. The van der Waals surface area contributed by atoms with Crippen LogP contribution in [0.25, 0.3) is 6.08 Å². The lowest BCUT2D eigenvalue weighted by atomic mass is 10.0. The summed E-state index contributed by atoms with van der Waals surface area (Å²) in [7, 11) is 0. The third kappa shape index (κ3) is 6.99. The van der Waals surface area contributed by atoms with E-state index in [0.29, 0.717) is 39.3 Å². The monoisotopic (exact) mass is 598 g/mol. The van der Waals surface area contributed by atoms with Gasteiger partial charge < -0.3 is 14.8 Å². The summed E-state index contributed by atoms with van der Waals surface area (Å²) in [4.78, 5) is 39.7. The van der Waals surface area contributed by atoms with Crippen LogP contribution in [0, 0.1) is 0 Å². The second kappa shape index (κ2) is 13.3. The van der Waals surface area contributed by atoms with Gasteiger partial charge in [0.25, 0.3) is 17.1 Å². The number of imide groups is 1. The molecule has 0 radical (unpaired) electrons. The van der Waals surface area contributed by atoms with E-state index in [2.05, 4.69) is 19.2 Å². The minimum absolute atomic E-state index is 0.0266. The highest BCUT2D eigenvalue weighted by Gasteiger charge is 2.35. The van der Waals surface area contributed by atoms with Crippen LogP contribution in [0.1, 0.15) is 43.4 Å². The number of halogens is 2. The number of rotatable bonds is 10. The standard InChI is InChI=1S/C30H28Cl2N2O5S/c1-4-38-26-14-19(12-13-25(26)39-17-28(35)33-24-11-6-5-8-20(24)18(2)3)15-27-29(36)34(30(37)40-27)16-21-22(31)9-7-10-23(21)32/h5-15,18H,4,16-17H2,1-3H3,(H,33,35)/b27-15+. The van der Waals surface area contributed by atoms with Gasteiger partial charge in [0.1, 0.15) is 0 Å². The number of nitrogens with zero attached hydrogens (tertiary/aromatic N) is 1. The van der Waals surface area contributed by atoms with Crippen molar-refractivity contribution in [2.24, 2.45) is 0 Å². The van der Waals surface area contributed by atoms with Crippen molar-refractivity contribution >= 4 is 63.8 Å². The number of anilines is 1. The number of benzene rings is 3. The minimum Gasteiger partial charge on any atom is -0.490 e. The normalized spacial score (nSPS) is 14.2. The minimum atomic E-state index is -0.442. The van der Waals surface area contributed by atoms with Gasteiger partial charge >= 0.3 is 0 Å². The van der Waals surface area contributed by atoms with E-state index in [0.717, 1.165) is 27.9 Å². The average molecular weight is 600 g/mol. The van der Waals surface area contributed by atoms with E-state index in [9.17, 15) is 14.4 Å². The Labute approximate surface area is 247 Å². The van der Waals surface area contributed by atoms with Crippen LogP contribution in [0.5, 0.6) is 11.5 Å². The molecular weight excluding hydrogens is 571 g/mol. The van der Waals surface area contributed by atoms with Crippen LogP contribution in [0.3, 0.4) is 0 Å². The largest absolute Gasteiger partial charge is 0.490 e. The second-order valence-corrected chi connectivity index (χ2v) is 11.0. The summed E-state index contributed by atoms with van der Waals surface area (Å²) in [5.74, 6) is 0.306. The van der Waals surface area contributed by atoms with Crippen LogP contribution in [-0.4, -0.2) is 35.2 Å². The maximum Gasteiger partial charge on any atom is 0.293 e. The summed E-state index contributed by atoms with van der Waals surface area (Å²) >= 11 is 13.3. The molecule has 0 aliphatic carbocycles. The molecule has 0 spiro atoms. The third-order valence-corrected chi connectivity index (χ3v) is 7.65. The average Bonchev–Trinajstić information content (AvgIpc) is 3.17. The highest BCUT2D eigenvalue weighted by Crippen LogP contribution is 2.37. The summed E-state index contributed by atoms with van der Waals surface area (Å²) in [6, 6.07) is 17.7. The van der Waals surface area contributed by atoms with Crippen molar-refractivity contribution in [1.29, 1.82) is 0 Å². The molecule has 4 rings (SSSR count). The molecule has 1 N–H and O–H groups in total. The highest BCUT2D eigenvalue weighted by atomic mass is 35.5. The van der Waals surface area contributed by atoms with Gasteiger partial charge in [0.15, 0.2) is 18.1 Å². The zero-order chi connectivity index (χ0) is 28.8. The van der Waals surface area contributed by atoms with Crippen LogP contribution in [0.2, 0.25) is 10.0 Å². The third-order valence-electron chi connectivity index (χ3n) is 6.03. The molecule has 3 amide bonds. The number of hydrogen-bond donors (Lipinski definition) is 1. The van der Waals surface area contributed by atoms with Crippen molar-refractivity contribution in [3.8, 4) is 11.5 Å². The van der Waals surface area contributed by atoms with Gasteiger partial charge in [-0.1, -0.05) is 67.4 Å². The molecule has 7 nitrogen and oxygen atoms in total. The molecule has 3 aromatic rings. The summed E-state index contributed by atoms with van der Waals surface area (Å²) in [5.41, 5.74) is 2.92. The van der Waals surface area contributed by atoms with E-state index in [1.54, 1.807) is 42.5 Å². The number of para-hydroxylation sites is 1. The molecule has 0 saturated carbocycles. The zero-order valence-electron chi connectivity index (χ0n) is 22.2. The van der Waals surface area contributed by atoms with Gasteiger partial charge in [0.05, 0.1) is 18.1 Å². The van der Waals surface area contributed by atoms with Crippen molar-refractivity contribution < 1.29 is 23.9 Å². The van der Waals surface area contributed by atoms with E-state index in [1.165, 1.54) is 0 Å². The van der Waals surface area contributed by atoms with Gasteiger partial charge in [-0.3, -0.25) is 19.3 Å². The van der Waals surface area contributed by atoms with Gasteiger partial charge in [-0.2, -0.15) is 0 Å². The lowest BCUT2D eigenvalue weighted by molar-refractivity contribution is -0.123. The fraction of sp³-hybridized carbons (Fsp3) is 0.233. The van der Waals surface area contributed by atoms with Gasteiger partial charge in [-0.05, 0) is 72.1 Å². The van der Waals surface area contributed by atoms with Crippen LogP contribution in [0.4, 0.5) is 10.5 Å². The molecule has 0 unspecified atom stereocenters. The number of carbonyl (C=O) groups is 3. The van der Waals surface area contributed by atoms with Gasteiger partial charge in [0, 0.05) is 21.3 Å². The predicted octanol–water partition coefficient (Wildman–Crippen LogP) is 7.77. The number of carbonyl (C=O) groups excluding carboxylic acids is 3. The van der Waals surface area contributed by atoms with Gasteiger partial charge in [0.2, 0.25) is 0 Å². The lowest BCUT2D eigenvalue weighted by Gasteiger charge is -2.15. The topological polar surface area (TPSA) is 84.9 Å². The van der Waals surface area contributed by atoms with Crippen molar-refractivity contribution in [1.82, 2.24) is 4.90 Å². The molecule has 1 fully saturated rings. The number of ether oxygens (including phenoxy) is 2. The molecular formula is C30H28Cl2N2O5S. The Morgan fingerprint density at radius 3 is 2.42 bits per heavy atom. The van der Waals surface area contributed by atoms with Crippen LogP contribution in [0.15, 0.2) is 65.6 Å². The number of hydrogen-bond acceptors (Lipinski definition) is 6. The van der Waals surface area contributed by atoms with Gasteiger partial charge in [-0.15, -0.1) is 0 Å². The van der Waals surface area contributed by atoms with Gasteiger partial charge in [-0.25, -0.2) is 0 Å². The molecule has 1 aliphatic rings. The summed E-state index contributed by atoms with van der Waals surface area (Å²) < 4.78 is 11.5. The summed E-state index contributed by atoms with van der Waals surface area (Å²) in [5, 5.41) is 3.25. The second-order valence-electron chi connectivity index (χ2n) is 9.19. The maximum atomic E-state index is 13.0. The SMILES string of the molecule is CCOc1cc(/C=C2/SC(=O)N(Cc3c(Cl)cccc3Cl)C2=O)ccc1OCC(=O)Nc1ccccc1C(C)C. The Morgan fingerprint density at radius 2 is 1.73 bits per heavy atom. The quantitative estimate of drug-likeness (QED) is 0.240. The van der Waals surface area contributed by atoms with Crippen molar-refractivity contribution in [2.75, 3.05) is 18.5 Å². The number of thioether (sulfide) groups is 1. The van der Waals surface area contributed by atoms with E-state index in [1.807, 2.05) is 31.2 Å². The first-order valence-electron chi connectivity index (χ1n) is 12.6. The van der Waals surface area contributed by atoms with Crippen LogP contribution < -0.4 is 14.8 Å². The fourth-order valence-corrected chi connectivity index (χ4v) is 5.43.